The van der Waals surface area contributed by atoms with Gasteiger partial charge in [-0.15, -0.1) is 0 Å². The highest BCUT2D eigenvalue weighted by Gasteiger charge is 2.07. The predicted octanol–water partition coefficient (Wildman–Crippen LogP) is 2.16. The number of nitrogens with one attached hydrogen (secondary N) is 1. The molecule has 6 heteroatoms. The summed E-state index contributed by atoms with van der Waals surface area (Å²) >= 11 is 0. The Morgan fingerprint density at radius 2 is 2.00 bits per heavy atom. The Morgan fingerprint density at radius 3 is 2.84 bits per heavy atom. The van der Waals surface area contributed by atoms with Crippen molar-refractivity contribution in [3.05, 3.63) is 65.5 Å². The van der Waals surface area contributed by atoms with Crippen LogP contribution >= 0.6 is 0 Å². The number of fused-ring (bicyclic) bond motifs is 1. The molecule has 6 nitrogen and oxygen atoms in total. The van der Waals surface area contributed by atoms with E-state index in [9.17, 15) is 4.79 Å². The summed E-state index contributed by atoms with van der Waals surface area (Å²) in [6.45, 7) is 1.19. The van der Waals surface area contributed by atoms with Crippen LogP contribution in [0.1, 0.15) is 17.0 Å². The van der Waals surface area contributed by atoms with Crippen LogP contribution in [0.4, 0.5) is 0 Å². The molecule has 0 unspecified atom stereocenters. The molecule has 0 saturated heterocycles. The molecule has 0 fully saturated rings. The first-order chi connectivity index (χ1) is 12.2. The highest BCUT2D eigenvalue weighted by Crippen LogP contribution is 2.15. The maximum Gasteiger partial charge on any atom is 0.246 e. The molecule has 0 radical (unpaired) electrons. The van der Waals surface area contributed by atoms with Gasteiger partial charge >= 0.3 is 0 Å². The van der Waals surface area contributed by atoms with E-state index in [4.69, 9.17) is 14.9 Å². The van der Waals surface area contributed by atoms with Gasteiger partial charge in [0.15, 0.2) is 5.58 Å². The van der Waals surface area contributed by atoms with E-state index in [0.717, 1.165) is 17.5 Å². The highest BCUT2D eigenvalue weighted by atomic mass is 16.5. The summed E-state index contributed by atoms with van der Waals surface area (Å²) < 4.78 is 10.9. The number of carbonyl (C=O) groups is 1. The van der Waals surface area contributed by atoms with E-state index in [0.29, 0.717) is 24.6 Å². The maximum absolute atomic E-state index is 11.9. The van der Waals surface area contributed by atoms with E-state index < -0.39 is 0 Å². The molecule has 0 atom stereocenters. The topological polar surface area (TPSA) is 90.4 Å². The van der Waals surface area contributed by atoms with E-state index in [-0.39, 0.29) is 19.1 Å². The molecule has 0 bridgehead atoms. The van der Waals surface area contributed by atoms with Gasteiger partial charge in [0.05, 0.1) is 0 Å². The number of nitrogens with zero attached hydrogens (tertiary/aromatic N) is 1. The Balaban J connectivity index is 1.42. The fourth-order valence-corrected chi connectivity index (χ4v) is 2.53. The van der Waals surface area contributed by atoms with E-state index in [1.54, 1.807) is 0 Å². The molecule has 1 aromatic heterocycles. The molecule has 130 valence electrons. The van der Waals surface area contributed by atoms with E-state index in [1.807, 2.05) is 48.5 Å². The third-order valence-corrected chi connectivity index (χ3v) is 3.71. The first-order valence-electron chi connectivity index (χ1n) is 8.21. The molecule has 2 aromatic carbocycles. The van der Waals surface area contributed by atoms with Gasteiger partial charge in [-0.2, -0.15) is 0 Å². The van der Waals surface area contributed by atoms with Crippen LogP contribution in [0, 0.1) is 0 Å². The average molecular weight is 339 g/mol. The number of amides is 1. The fraction of sp³-hybridized carbons (Fsp3) is 0.263. The molecule has 3 N–H and O–H groups in total. The van der Waals surface area contributed by atoms with Crippen LogP contribution in [0.2, 0.25) is 0 Å². The number of para-hydroxylation sites is 2. The standard InChI is InChI=1S/C19H21N3O3/c20-9-8-14-4-3-5-15(10-14)11-21-18(23)12-24-13-19-22-16-6-1-2-7-17(16)25-19/h1-7,10H,8-9,11-13,20H2,(H,21,23). The van der Waals surface area contributed by atoms with Crippen LogP contribution in [0.15, 0.2) is 52.9 Å². The lowest BCUT2D eigenvalue weighted by Gasteiger charge is -2.07. The molecule has 0 spiro atoms. The summed E-state index contributed by atoms with van der Waals surface area (Å²) in [6, 6.07) is 15.5. The van der Waals surface area contributed by atoms with Crippen molar-refractivity contribution >= 4 is 17.0 Å². The minimum Gasteiger partial charge on any atom is -0.438 e. The molecule has 0 aliphatic heterocycles. The number of rotatable bonds is 8. The third kappa shape index (κ3) is 4.89. The Hall–Kier alpha value is -2.70. The predicted molar refractivity (Wildman–Crippen MR) is 94.7 cm³/mol. The van der Waals surface area contributed by atoms with Gasteiger partial charge in [0.2, 0.25) is 11.8 Å². The second-order valence-electron chi connectivity index (χ2n) is 5.70. The summed E-state index contributed by atoms with van der Waals surface area (Å²) in [5.41, 5.74) is 9.26. The van der Waals surface area contributed by atoms with Crippen molar-refractivity contribution in [2.75, 3.05) is 13.2 Å². The first-order valence-corrected chi connectivity index (χ1v) is 8.21. The number of benzene rings is 2. The third-order valence-electron chi connectivity index (χ3n) is 3.71. The largest absolute Gasteiger partial charge is 0.438 e. The minimum atomic E-state index is -0.180. The van der Waals surface area contributed by atoms with Crippen molar-refractivity contribution in [1.29, 1.82) is 0 Å². The van der Waals surface area contributed by atoms with Gasteiger partial charge in [0.1, 0.15) is 18.7 Å². The highest BCUT2D eigenvalue weighted by molar-refractivity contribution is 5.77. The maximum atomic E-state index is 11.9. The molecule has 3 aromatic rings. The lowest BCUT2D eigenvalue weighted by molar-refractivity contribution is -0.126. The zero-order valence-corrected chi connectivity index (χ0v) is 13.9. The van der Waals surface area contributed by atoms with Crippen LogP contribution in [0.3, 0.4) is 0 Å². The molecule has 1 amide bonds. The number of hydrogen-bond donors (Lipinski definition) is 2. The SMILES string of the molecule is NCCc1cccc(CNC(=O)COCc2nc3ccccc3o2)c1. The zero-order valence-electron chi connectivity index (χ0n) is 13.9. The number of nitrogens with two attached hydrogens (primary N) is 1. The zero-order chi connectivity index (χ0) is 17.5. The molecule has 0 aliphatic carbocycles. The van der Waals surface area contributed by atoms with Crippen LogP contribution in [-0.2, 0) is 29.1 Å². The smallest absolute Gasteiger partial charge is 0.246 e. The lowest BCUT2D eigenvalue weighted by atomic mass is 10.1. The van der Waals surface area contributed by atoms with Crippen molar-refractivity contribution in [2.45, 2.75) is 19.6 Å². The summed E-state index contributed by atoms with van der Waals surface area (Å²) in [6.07, 6.45) is 0.829. The Kier molecular flexibility index (Phi) is 5.77. The van der Waals surface area contributed by atoms with E-state index in [1.165, 1.54) is 5.56 Å². The summed E-state index contributed by atoms with van der Waals surface area (Å²) in [5, 5.41) is 2.83. The van der Waals surface area contributed by atoms with Crippen molar-refractivity contribution in [1.82, 2.24) is 10.3 Å². The van der Waals surface area contributed by atoms with Gasteiger partial charge < -0.3 is 20.2 Å². The Labute approximate surface area is 146 Å². The fourth-order valence-electron chi connectivity index (χ4n) is 2.53. The quantitative estimate of drug-likeness (QED) is 0.656. The summed E-state index contributed by atoms with van der Waals surface area (Å²) in [4.78, 5) is 16.2. The second kappa shape index (κ2) is 8.41. The van der Waals surface area contributed by atoms with Crippen molar-refractivity contribution in [3.8, 4) is 0 Å². The molecule has 1 heterocycles. The minimum absolute atomic E-state index is 0.0405. The van der Waals surface area contributed by atoms with E-state index in [2.05, 4.69) is 10.3 Å². The molecule has 0 aliphatic rings. The van der Waals surface area contributed by atoms with Crippen LogP contribution in [-0.4, -0.2) is 24.0 Å². The molecule has 25 heavy (non-hydrogen) atoms. The van der Waals surface area contributed by atoms with Gasteiger partial charge in [0.25, 0.3) is 0 Å². The number of carbonyl (C=O) groups excluding carboxylic acids is 1. The van der Waals surface area contributed by atoms with Crippen molar-refractivity contribution < 1.29 is 13.9 Å². The normalized spacial score (nSPS) is 10.9. The van der Waals surface area contributed by atoms with Gasteiger partial charge in [-0.3, -0.25) is 4.79 Å². The number of oxazole rings is 1. The van der Waals surface area contributed by atoms with E-state index >= 15 is 0 Å². The monoisotopic (exact) mass is 339 g/mol. The van der Waals surface area contributed by atoms with Crippen LogP contribution < -0.4 is 11.1 Å². The summed E-state index contributed by atoms with van der Waals surface area (Å²) in [5.74, 6) is 0.281. The Morgan fingerprint density at radius 1 is 1.16 bits per heavy atom. The second-order valence-corrected chi connectivity index (χ2v) is 5.70. The first kappa shape index (κ1) is 17.1. The Bertz CT molecular complexity index is 812. The lowest BCUT2D eigenvalue weighted by Crippen LogP contribution is -2.27. The molecular weight excluding hydrogens is 318 g/mol. The van der Waals surface area contributed by atoms with Crippen molar-refractivity contribution in [3.63, 3.8) is 0 Å². The van der Waals surface area contributed by atoms with Crippen LogP contribution in [0.5, 0.6) is 0 Å². The molecular formula is C19H21N3O3. The van der Waals surface area contributed by atoms with Gasteiger partial charge in [-0.05, 0) is 36.2 Å². The summed E-state index contributed by atoms with van der Waals surface area (Å²) in [7, 11) is 0. The number of ether oxygens (including phenoxy) is 1. The van der Waals surface area contributed by atoms with Crippen molar-refractivity contribution in [2.24, 2.45) is 5.73 Å². The van der Waals surface area contributed by atoms with Gasteiger partial charge in [-0.25, -0.2) is 4.98 Å². The van der Waals surface area contributed by atoms with Gasteiger partial charge in [0, 0.05) is 6.54 Å². The van der Waals surface area contributed by atoms with Crippen LogP contribution in [0.25, 0.3) is 11.1 Å². The molecule has 3 rings (SSSR count). The van der Waals surface area contributed by atoms with Gasteiger partial charge in [-0.1, -0.05) is 36.4 Å². The molecule has 0 saturated carbocycles. The number of aromatic nitrogens is 1. The average Bonchev–Trinajstić information content (AvgIpc) is 3.03. The number of hydrogen-bond acceptors (Lipinski definition) is 5.